The van der Waals surface area contributed by atoms with Crippen molar-refractivity contribution in [2.45, 2.75) is 24.9 Å². The van der Waals surface area contributed by atoms with Crippen LogP contribution in [0.2, 0.25) is 0 Å². The molecule has 2 unspecified atom stereocenters. The molecule has 0 saturated carbocycles. The monoisotopic (exact) mass is 280 g/mol. The van der Waals surface area contributed by atoms with E-state index in [1.807, 2.05) is 6.07 Å². The van der Waals surface area contributed by atoms with E-state index in [1.54, 1.807) is 24.3 Å². The highest BCUT2D eigenvalue weighted by atomic mass is 19.1. The lowest BCUT2D eigenvalue weighted by Gasteiger charge is -2.28. The average molecular weight is 280 g/mol. The number of hydrogen-bond donors (Lipinski definition) is 1. The molecule has 0 amide bonds. The summed E-state index contributed by atoms with van der Waals surface area (Å²) < 4.78 is 13.5. The van der Waals surface area contributed by atoms with Crippen LogP contribution in [-0.2, 0) is 16.2 Å². The van der Waals surface area contributed by atoms with Crippen LogP contribution in [0.5, 0.6) is 0 Å². The van der Waals surface area contributed by atoms with Gasteiger partial charge in [-0.3, -0.25) is 4.84 Å². The Morgan fingerprint density at radius 2 is 2.30 bits per heavy atom. The molecule has 2 atom stereocenters. The Hall–Kier alpha value is -2.15. The summed E-state index contributed by atoms with van der Waals surface area (Å²) in [5.74, 6) is -1.43. The van der Waals surface area contributed by atoms with E-state index in [2.05, 4.69) is 10.0 Å². The van der Waals surface area contributed by atoms with Crippen molar-refractivity contribution in [3.8, 4) is 0 Å². The number of azide groups is 1. The molecule has 1 aromatic rings. The van der Waals surface area contributed by atoms with E-state index >= 15 is 0 Å². The summed E-state index contributed by atoms with van der Waals surface area (Å²) in [7, 11) is 0. The van der Waals surface area contributed by atoms with E-state index < -0.39 is 24.2 Å². The van der Waals surface area contributed by atoms with Gasteiger partial charge in [0.25, 0.3) is 0 Å². The van der Waals surface area contributed by atoms with Crippen molar-refractivity contribution >= 4 is 5.97 Å². The quantitative estimate of drug-likeness (QED) is 0.508. The van der Waals surface area contributed by atoms with E-state index in [4.69, 9.17) is 10.4 Å². The average Bonchev–Trinajstić information content (AvgIpc) is 2.75. The first kappa shape index (κ1) is 14.3. The van der Waals surface area contributed by atoms with Crippen LogP contribution >= 0.6 is 0 Å². The number of benzene rings is 1. The lowest BCUT2D eigenvalue weighted by atomic mass is 10.1. The number of hydroxylamine groups is 2. The molecule has 20 heavy (non-hydrogen) atoms. The van der Waals surface area contributed by atoms with Crippen molar-refractivity contribution < 1.29 is 19.1 Å². The highest BCUT2D eigenvalue weighted by molar-refractivity contribution is 5.78. The molecule has 0 aliphatic carbocycles. The van der Waals surface area contributed by atoms with Gasteiger partial charge >= 0.3 is 5.97 Å². The molecular formula is C12H13FN4O3. The predicted molar refractivity (Wildman–Crippen MR) is 67.0 cm³/mol. The predicted octanol–water partition coefficient (Wildman–Crippen LogP) is 2.25. The van der Waals surface area contributed by atoms with Crippen molar-refractivity contribution in [1.82, 2.24) is 5.06 Å². The maximum Gasteiger partial charge on any atom is 0.332 e. The maximum atomic E-state index is 13.5. The van der Waals surface area contributed by atoms with E-state index in [0.717, 1.165) is 10.6 Å². The van der Waals surface area contributed by atoms with Gasteiger partial charge in [-0.2, -0.15) is 5.06 Å². The first-order valence-corrected chi connectivity index (χ1v) is 5.96. The molecule has 1 saturated heterocycles. The van der Waals surface area contributed by atoms with Gasteiger partial charge in [0, 0.05) is 11.3 Å². The van der Waals surface area contributed by atoms with Gasteiger partial charge in [0.1, 0.15) is 6.17 Å². The zero-order valence-electron chi connectivity index (χ0n) is 10.5. The summed E-state index contributed by atoms with van der Waals surface area (Å²) in [6.45, 7) is -0.179. The second-order valence-electron chi connectivity index (χ2n) is 4.43. The van der Waals surface area contributed by atoms with Gasteiger partial charge in [-0.05, 0) is 11.1 Å². The van der Waals surface area contributed by atoms with Gasteiger partial charge in [0.05, 0.1) is 13.2 Å². The van der Waals surface area contributed by atoms with Crippen molar-refractivity contribution in [1.29, 1.82) is 0 Å². The standard InChI is InChI=1S/C12H13FN4O3/c13-10-6-12(11(18)19,15-16-14)17(7-10)20-8-9-4-2-1-3-5-9/h1-5,10H,6-8H2,(H,18,19). The van der Waals surface area contributed by atoms with Crippen molar-refractivity contribution in [2.24, 2.45) is 5.11 Å². The fraction of sp³-hybridized carbons (Fsp3) is 0.417. The molecule has 1 aliphatic heterocycles. The number of hydrogen-bond acceptors (Lipinski definition) is 4. The Bertz CT molecular complexity index is 531. The van der Waals surface area contributed by atoms with E-state index in [-0.39, 0.29) is 13.2 Å². The molecule has 1 aromatic carbocycles. The highest BCUT2D eigenvalue weighted by Gasteiger charge is 2.53. The van der Waals surface area contributed by atoms with Crippen LogP contribution in [0.3, 0.4) is 0 Å². The number of halogens is 1. The first-order chi connectivity index (χ1) is 9.58. The number of rotatable bonds is 5. The summed E-state index contributed by atoms with van der Waals surface area (Å²) >= 11 is 0. The molecule has 2 rings (SSSR count). The molecular weight excluding hydrogens is 267 g/mol. The van der Waals surface area contributed by atoms with Gasteiger partial charge in [0.2, 0.25) is 5.66 Å². The molecule has 1 fully saturated rings. The van der Waals surface area contributed by atoms with Gasteiger partial charge in [-0.15, -0.1) is 0 Å². The molecule has 0 spiro atoms. The fourth-order valence-corrected chi connectivity index (χ4v) is 2.09. The largest absolute Gasteiger partial charge is 0.480 e. The van der Waals surface area contributed by atoms with Gasteiger partial charge < -0.3 is 5.11 Å². The Morgan fingerprint density at radius 3 is 2.90 bits per heavy atom. The molecule has 106 valence electrons. The molecule has 0 bridgehead atoms. The van der Waals surface area contributed by atoms with Crippen LogP contribution in [-0.4, -0.2) is 34.5 Å². The zero-order chi connectivity index (χ0) is 14.6. The minimum atomic E-state index is -2.02. The molecule has 0 radical (unpaired) electrons. The second kappa shape index (κ2) is 5.87. The molecule has 7 nitrogen and oxygen atoms in total. The normalized spacial score (nSPS) is 26.1. The molecule has 1 N–H and O–H groups in total. The number of carboxylic acids is 1. The summed E-state index contributed by atoms with van der Waals surface area (Å²) in [4.78, 5) is 19.2. The smallest absolute Gasteiger partial charge is 0.332 e. The number of aliphatic carboxylic acids is 1. The number of nitrogens with zero attached hydrogens (tertiary/aromatic N) is 4. The fourth-order valence-electron chi connectivity index (χ4n) is 2.09. The summed E-state index contributed by atoms with van der Waals surface area (Å²) in [5, 5.41) is 13.4. The SMILES string of the molecule is [N-]=[N+]=NC1(C(=O)O)CC(F)CN1OCc1ccccc1. The molecule has 8 heteroatoms. The van der Waals surface area contributed by atoms with Gasteiger partial charge in [0.15, 0.2) is 0 Å². The lowest BCUT2D eigenvalue weighted by Crippen LogP contribution is -2.48. The Morgan fingerprint density at radius 1 is 1.60 bits per heavy atom. The summed E-state index contributed by atoms with van der Waals surface area (Å²) in [6.07, 6.45) is -1.85. The van der Waals surface area contributed by atoms with Crippen molar-refractivity contribution in [2.75, 3.05) is 6.54 Å². The van der Waals surface area contributed by atoms with Crippen LogP contribution in [0, 0.1) is 0 Å². The van der Waals surface area contributed by atoms with Crippen LogP contribution in [0.15, 0.2) is 35.4 Å². The Balaban J connectivity index is 2.15. The molecule has 1 heterocycles. The maximum absolute atomic E-state index is 13.5. The minimum absolute atomic E-state index is 0.0730. The van der Waals surface area contributed by atoms with Crippen molar-refractivity contribution in [3.63, 3.8) is 0 Å². The second-order valence-corrected chi connectivity index (χ2v) is 4.43. The van der Waals surface area contributed by atoms with Crippen LogP contribution in [0.1, 0.15) is 12.0 Å². The van der Waals surface area contributed by atoms with E-state index in [9.17, 15) is 14.3 Å². The topological polar surface area (TPSA) is 98.5 Å². The van der Waals surface area contributed by atoms with E-state index in [1.165, 1.54) is 0 Å². The van der Waals surface area contributed by atoms with Crippen LogP contribution in [0.25, 0.3) is 10.4 Å². The zero-order valence-corrected chi connectivity index (χ0v) is 10.5. The number of carboxylic acid groups (broad SMARTS) is 1. The lowest BCUT2D eigenvalue weighted by molar-refractivity contribution is -0.220. The van der Waals surface area contributed by atoms with E-state index in [0.29, 0.717) is 0 Å². The third-order valence-electron chi connectivity index (χ3n) is 3.07. The Labute approximate surface area is 114 Å². The number of carbonyl (C=O) groups is 1. The van der Waals surface area contributed by atoms with Gasteiger partial charge in [-0.1, -0.05) is 35.4 Å². The highest BCUT2D eigenvalue weighted by Crippen LogP contribution is 2.33. The summed E-state index contributed by atoms with van der Waals surface area (Å²) in [5.41, 5.74) is 7.30. The Kier molecular flexibility index (Phi) is 4.19. The third-order valence-corrected chi connectivity index (χ3v) is 3.07. The third kappa shape index (κ3) is 2.72. The van der Waals surface area contributed by atoms with Crippen molar-refractivity contribution in [3.05, 3.63) is 46.3 Å². The molecule has 1 aliphatic rings. The first-order valence-electron chi connectivity index (χ1n) is 5.96. The van der Waals surface area contributed by atoms with Crippen LogP contribution < -0.4 is 0 Å². The number of alkyl halides is 1. The van der Waals surface area contributed by atoms with Gasteiger partial charge in [-0.25, -0.2) is 9.18 Å². The van der Waals surface area contributed by atoms with Crippen LogP contribution in [0.4, 0.5) is 4.39 Å². The summed E-state index contributed by atoms with van der Waals surface area (Å²) in [6, 6.07) is 9.02. The minimum Gasteiger partial charge on any atom is -0.480 e. The molecule has 0 aromatic heterocycles.